The van der Waals surface area contributed by atoms with E-state index in [4.69, 9.17) is 34.8 Å². The second kappa shape index (κ2) is 6.08. The van der Waals surface area contributed by atoms with Crippen LogP contribution < -0.4 is 5.32 Å². The molecule has 2 N–H and O–H groups in total. The Morgan fingerprint density at radius 3 is 2.40 bits per heavy atom. The van der Waals surface area contributed by atoms with Gasteiger partial charge < -0.3 is 10.4 Å². The summed E-state index contributed by atoms with van der Waals surface area (Å²) in [7, 11) is 0. The summed E-state index contributed by atoms with van der Waals surface area (Å²) in [6.45, 7) is 3.11. The third kappa shape index (κ3) is 3.57. The lowest BCUT2D eigenvalue weighted by atomic mass is 9.91. The molecule has 1 fully saturated rings. The largest absolute Gasteiger partial charge is 0.387 e. The lowest BCUT2D eigenvalue weighted by Gasteiger charge is -2.45. The molecule has 1 saturated heterocycles. The van der Waals surface area contributed by atoms with E-state index in [1.54, 1.807) is 0 Å². The molecule has 0 atom stereocenters. The third-order valence-electron chi connectivity index (χ3n) is 3.33. The monoisotopic (exact) mass is 336 g/mol. The highest BCUT2D eigenvalue weighted by Gasteiger charge is 2.39. The highest BCUT2D eigenvalue weighted by Crippen LogP contribution is 2.33. The summed E-state index contributed by atoms with van der Waals surface area (Å²) >= 11 is 17.8. The molecule has 0 bridgehead atoms. The summed E-state index contributed by atoms with van der Waals surface area (Å²) < 4.78 is 0. The first-order chi connectivity index (χ1) is 9.33. The van der Waals surface area contributed by atoms with E-state index in [1.807, 2.05) is 11.8 Å². The van der Waals surface area contributed by atoms with Gasteiger partial charge in [-0.25, -0.2) is 0 Å². The number of nitrogens with one attached hydrogen (secondary N) is 1. The number of β-amino-alcohol motifs (C(OH)–C–C–N with tert-alkyl or cyclic N) is 1. The fourth-order valence-corrected chi connectivity index (χ4v) is 3.08. The van der Waals surface area contributed by atoms with Crippen molar-refractivity contribution in [3.63, 3.8) is 0 Å². The number of amides is 1. The molecule has 4 nitrogen and oxygen atoms in total. The molecule has 1 aromatic carbocycles. The molecular formula is C13H15Cl3N2O2. The number of hydrogen-bond donors (Lipinski definition) is 2. The minimum atomic E-state index is -0.657. The standard InChI is InChI=1S/C13H15Cl3N2O2/c1-2-13(20)6-18(7-13)5-11(19)17-12-9(15)3-8(14)4-10(12)16/h3-4,20H,2,5-7H2,1H3,(H,17,19). The van der Waals surface area contributed by atoms with Crippen LogP contribution in [0.15, 0.2) is 12.1 Å². The molecule has 0 unspecified atom stereocenters. The molecule has 7 heteroatoms. The summed E-state index contributed by atoms with van der Waals surface area (Å²) in [5.41, 5.74) is -0.301. The summed E-state index contributed by atoms with van der Waals surface area (Å²) in [6, 6.07) is 3.04. The van der Waals surface area contributed by atoms with Crippen molar-refractivity contribution < 1.29 is 9.90 Å². The van der Waals surface area contributed by atoms with Crippen LogP contribution in [0.3, 0.4) is 0 Å². The van der Waals surface area contributed by atoms with Crippen molar-refractivity contribution >= 4 is 46.4 Å². The van der Waals surface area contributed by atoms with Crippen molar-refractivity contribution in [3.8, 4) is 0 Å². The van der Waals surface area contributed by atoms with Gasteiger partial charge in [-0.1, -0.05) is 41.7 Å². The smallest absolute Gasteiger partial charge is 0.238 e. The van der Waals surface area contributed by atoms with Gasteiger partial charge in [-0.3, -0.25) is 9.69 Å². The fraction of sp³-hybridized carbons (Fsp3) is 0.462. The third-order valence-corrected chi connectivity index (χ3v) is 4.15. The van der Waals surface area contributed by atoms with Gasteiger partial charge in [-0.2, -0.15) is 0 Å². The Labute approximate surface area is 132 Å². The van der Waals surface area contributed by atoms with E-state index in [0.29, 0.717) is 40.3 Å². The molecular weight excluding hydrogens is 323 g/mol. The zero-order valence-electron chi connectivity index (χ0n) is 10.9. The number of hydrogen-bond acceptors (Lipinski definition) is 3. The van der Waals surface area contributed by atoms with E-state index in [0.717, 1.165) is 0 Å². The Morgan fingerprint density at radius 2 is 1.90 bits per heavy atom. The predicted octanol–water partition coefficient (Wildman–Crippen LogP) is 3.04. The van der Waals surface area contributed by atoms with Gasteiger partial charge in [0.25, 0.3) is 0 Å². The average molecular weight is 338 g/mol. The van der Waals surface area contributed by atoms with Gasteiger partial charge in [0, 0.05) is 18.1 Å². The van der Waals surface area contributed by atoms with E-state index in [1.165, 1.54) is 12.1 Å². The maximum Gasteiger partial charge on any atom is 0.238 e. The van der Waals surface area contributed by atoms with Crippen molar-refractivity contribution in [1.29, 1.82) is 0 Å². The van der Waals surface area contributed by atoms with Crippen molar-refractivity contribution in [3.05, 3.63) is 27.2 Å². The zero-order valence-corrected chi connectivity index (χ0v) is 13.2. The average Bonchev–Trinajstić information content (AvgIpc) is 2.31. The second-order valence-electron chi connectivity index (χ2n) is 5.02. The van der Waals surface area contributed by atoms with Gasteiger partial charge in [-0.15, -0.1) is 0 Å². The topological polar surface area (TPSA) is 52.6 Å². The Morgan fingerprint density at radius 1 is 1.35 bits per heavy atom. The Kier molecular flexibility index (Phi) is 4.82. The second-order valence-corrected chi connectivity index (χ2v) is 6.27. The molecule has 1 aliphatic rings. The number of carbonyl (C=O) groups is 1. The van der Waals surface area contributed by atoms with Crippen LogP contribution in [0.4, 0.5) is 5.69 Å². The van der Waals surface area contributed by atoms with E-state index >= 15 is 0 Å². The number of nitrogens with zero attached hydrogens (tertiary/aromatic N) is 1. The first-order valence-electron chi connectivity index (χ1n) is 6.22. The van der Waals surface area contributed by atoms with Crippen LogP contribution in [0.25, 0.3) is 0 Å². The van der Waals surface area contributed by atoms with Crippen molar-refractivity contribution in [2.75, 3.05) is 25.0 Å². The van der Waals surface area contributed by atoms with Crippen LogP contribution in [0, 0.1) is 0 Å². The number of aliphatic hydroxyl groups is 1. The van der Waals surface area contributed by atoms with Gasteiger partial charge in [0.05, 0.1) is 27.9 Å². The molecule has 110 valence electrons. The highest BCUT2D eigenvalue weighted by atomic mass is 35.5. The minimum Gasteiger partial charge on any atom is -0.387 e. The summed E-state index contributed by atoms with van der Waals surface area (Å²) in [5, 5.41) is 13.5. The van der Waals surface area contributed by atoms with Crippen LogP contribution in [0.2, 0.25) is 15.1 Å². The lowest BCUT2D eigenvalue weighted by Crippen LogP contribution is -2.62. The van der Waals surface area contributed by atoms with E-state index in [-0.39, 0.29) is 12.5 Å². The number of halogens is 3. The fourth-order valence-electron chi connectivity index (χ4n) is 2.17. The molecule has 0 aliphatic carbocycles. The van der Waals surface area contributed by atoms with Gasteiger partial charge >= 0.3 is 0 Å². The lowest BCUT2D eigenvalue weighted by molar-refractivity contribution is -0.128. The maximum atomic E-state index is 11.9. The molecule has 20 heavy (non-hydrogen) atoms. The van der Waals surface area contributed by atoms with Gasteiger partial charge in [0.1, 0.15) is 0 Å². The first-order valence-corrected chi connectivity index (χ1v) is 7.35. The van der Waals surface area contributed by atoms with Crippen molar-refractivity contribution in [2.24, 2.45) is 0 Å². The number of likely N-dealkylation sites (tertiary alicyclic amines) is 1. The van der Waals surface area contributed by atoms with Crippen LogP contribution in [0.5, 0.6) is 0 Å². The molecule has 1 aliphatic heterocycles. The van der Waals surface area contributed by atoms with Crippen LogP contribution in [-0.2, 0) is 4.79 Å². The van der Waals surface area contributed by atoms with Gasteiger partial charge in [0.15, 0.2) is 0 Å². The Hall–Kier alpha value is -0.520. The number of benzene rings is 1. The number of rotatable bonds is 4. The molecule has 2 rings (SSSR count). The molecule has 0 aromatic heterocycles. The molecule has 0 saturated carbocycles. The Bertz CT molecular complexity index is 507. The minimum absolute atomic E-state index is 0.192. The predicted molar refractivity (Wildman–Crippen MR) is 81.8 cm³/mol. The summed E-state index contributed by atoms with van der Waals surface area (Å²) in [4.78, 5) is 13.8. The SMILES string of the molecule is CCC1(O)CN(CC(=O)Nc2c(Cl)cc(Cl)cc2Cl)C1. The summed E-state index contributed by atoms with van der Waals surface area (Å²) in [6.07, 6.45) is 0.681. The normalized spacial score (nSPS) is 17.6. The molecule has 1 heterocycles. The van der Waals surface area contributed by atoms with E-state index < -0.39 is 5.60 Å². The van der Waals surface area contributed by atoms with Crippen molar-refractivity contribution in [1.82, 2.24) is 4.90 Å². The number of anilines is 1. The quantitative estimate of drug-likeness (QED) is 0.888. The van der Waals surface area contributed by atoms with E-state index in [9.17, 15) is 9.90 Å². The van der Waals surface area contributed by atoms with Crippen LogP contribution in [0.1, 0.15) is 13.3 Å². The molecule has 1 aromatic rings. The number of carbonyl (C=O) groups excluding carboxylic acids is 1. The molecule has 0 spiro atoms. The van der Waals surface area contributed by atoms with Crippen molar-refractivity contribution in [2.45, 2.75) is 18.9 Å². The van der Waals surface area contributed by atoms with E-state index in [2.05, 4.69) is 5.32 Å². The first kappa shape index (κ1) is 15.9. The van der Waals surface area contributed by atoms with Crippen LogP contribution in [-0.4, -0.2) is 41.1 Å². The molecule has 1 amide bonds. The Balaban J connectivity index is 1.93. The summed E-state index contributed by atoms with van der Waals surface area (Å²) in [5.74, 6) is -0.228. The van der Waals surface area contributed by atoms with Crippen LogP contribution >= 0.6 is 34.8 Å². The van der Waals surface area contributed by atoms with Gasteiger partial charge in [0.2, 0.25) is 5.91 Å². The van der Waals surface area contributed by atoms with Gasteiger partial charge in [-0.05, 0) is 18.6 Å². The zero-order chi connectivity index (χ0) is 14.9. The highest BCUT2D eigenvalue weighted by molar-refractivity contribution is 6.42. The maximum absolute atomic E-state index is 11.9. The molecule has 0 radical (unpaired) electrons.